The zero-order chi connectivity index (χ0) is 19.8. The molecule has 0 saturated carbocycles. The van der Waals surface area contributed by atoms with E-state index in [4.69, 9.17) is 5.73 Å². The second kappa shape index (κ2) is 8.77. The molecule has 1 aromatic carbocycles. The largest absolute Gasteiger partial charge is 0.399 e. The van der Waals surface area contributed by atoms with Gasteiger partial charge in [0.2, 0.25) is 0 Å². The molecule has 2 N–H and O–H groups in total. The SMILES string of the molecule is CO/N=C/C(N)=NC=NCc1cc(C(C)(C)C#N)cc(C(C)(C)C#N)c1. The molecule has 7 heteroatoms. The van der Waals surface area contributed by atoms with E-state index < -0.39 is 10.8 Å². The Morgan fingerprint density at radius 1 is 1.12 bits per heavy atom. The Morgan fingerprint density at radius 2 is 1.65 bits per heavy atom. The van der Waals surface area contributed by atoms with Crippen LogP contribution in [0.2, 0.25) is 0 Å². The van der Waals surface area contributed by atoms with E-state index >= 15 is 0 Å². The van der Waals surface area contributed by atoms with Crippen molar-refractivity contribution in [2.75, 3.05) is 7.11 Å². The molecule has 0 bridgehead atoms. The standard InChI is InChI=1S/C19H24N6O/c1-18(2,11-20)15-6-14(7-16(8-15)19(3,4)12-21)9-23-13-24-17(22)10-25-26-5/h6-8,10,13H,9H2,1-5H3,(H2,22,23,24)/b25-10+. The van der Waals surface area contributed by atoms with Crippen LogP contribution in [0.3, 0.4) is 0 Å². The molecule has 0 unspecified atom stereocenters. The molecule has 26 heavy (non-hydrogen) atoms. The normalized spacial score (nSPS) is 13.0. The quantitative estimate of drug-likeness (QED) is 0.461. The first-order chi connectivity index (χ1) is 12.2. The van der Waals surface area contributed by atoms with Gasteiger partial charge in [0.15, 0.2) is 0 Å². The molecule has 0 spiro atoms. The lowest BCUT2D eigenvalue weighted by Gasteiger charge is -2.22. The van der Waals surface area contributed by atoms with E-state index in [1.54, 1.807) is 0 Å². The van der Waals surface area contributed by atoms with Crippen LogP contribution < -0.4 is 5.73 Å². The van der Waals surface area contributed by atoms with E-state index in [9.17, 15) is 10.5 Å². The van der Waals surface area contributed by atoms with Gasteiger partial charge in [0.05, 0.1) is 29.5 Å². The third kappa shape index (κ3) is 5.71. The van der Waals surface area contributed by atoms with Crippen molar-refractivity contribution in [2.45, 2.75) is 45.1 Å². The summed E-state index contributed by atoms with van der Waals surface area (Å²) in [7, 11) is 1.41. The van der Waals surface area contributed by atoms with Gasteiger partial charge >= 0.3 is 0 Å². The molecular weight excluding hydrogens is 328 g/mol. The Labute approximate surface area is 154 Å². The third-order valence-corrected chi connectivity index (χ3v) is 3.85. The highest BCUT2D eigenvalue weighted by Gasteiger charge is 2.26. The summed E-state index contributed by atoms with van der Waals surface area (Å²) >= 11 is 0. The number of nitriles is 2. The molecule has 0 heterocycles. The summed E-state index contributed by atoms with van der Waals surface area (Å²) in [6, 6.07) is 10.4. The smallest absolute Gasteiger partial charge is 0.147 e. The number of hydrogen-bond acceptors (Lipinski definition) is 5. The first-order valence-corrected chi connectivity index (χ1v) is 8.02. The fraction of sp³-hybridized carbons (Fsp3) is 0.421. The highest BCUT2D eigenvalue weighted by atomic mass is 16.6. The molecule has 0 radical (unpaired) electrons. The summed E-state index contributed by atoms with van der Waals surface area (Å²) in [6.45, 7) is 7.73. The lowest BCUT2D eigenvalue weighted by Crippen LogP contribution is -2.19. The highest BCUT2D eigenvalue weighted by molar-refractivity contribution is 6.29. The van der Waals surface area contributed by atoms with E-state index in [0.29, 0.717) is 6.54 Å². The Morgan fingerprint density at radius 3 is 2.12 bits per heavy atom. The van der Waals surface area contributed by atoms with E-state index in [1.807, 2.05) is 45.9 Å². The van der Waals surface area contributed by atoms with Gasteiger partial charge in [0.25, 0.3) is 0 Å². The Hall–Kier alpha value is -3.19. The molecule has 0 amide bonds. The van der Waals surface area contributed by atoms with Crippen molar-refractivity contribution in [2.24, 2.45) is 20.9 Å². The minimum absolute atomic E-state index is 0.168. The maximum atomic E-state index is 9.44. The van der Waals surface area contributed by atoms with E-state index in [0.717, 1.165) is 16.7 Å². The second-order valence-electron chi connectivity index (χ2n) is 6.82. The van der Waals surface area contributed by atoms with Gasteiger partial charge < -0.3 is 10.6 Å². The van der Waals surface area contributed by atoms with Crippen molar-refractivity contribution in [1.29, 1.82) is 10.5 Å². The maximum absolute atomic E-state index is 9.44. The van der Waals surface area contributed by atoms with Gasteiger partial charge in [-0.05, 0) is 44.4 Å². The Kier molecular flexibility index (Phi) is 7.04. The van der Waals surface area contributed by atoms with E-state index in [-0.39, 0.29) is 5.84 Å². The summed E-state index contributed by atoms with van der Waals surface area (Å²) in [5.74, 6) is 0.168. The predicted molar refractivity (Wildman–Crippen MR) is 103 cm³/mol. The van der Waals surface area contributed by atoms with Crippen LogP contribution in [0.25, 0.3) is 0 Å². The highest BCUT2D eigenvalue weighted by Crippen LogP contribution is 2.30. The van der Waals surface area contributed by atoms with Crippen LogP contribution >= 0.6 is 0 Å². The molecule has 0 aliphatic rings. The van der Waals surface area contributed by atoms with Crippen LogP contribution in [0.5, 0.6) is 0 Å². The third-order valence-electron chi connectivity index (χ3n) is 3.85. The number of benzene rings is 1. The summed E-state index contributed by atoms with van der Waals surface area (Å²) in [5, 5.41) is 22.4. The minimum Gasteiger partial charge on any atom is -0.399 e. The molecule has 0 aromatic heterocycles. The summed E-state index contributed by atoms with van der Waals surface area (Å²) < 4.78 is 0. The number of hydrogen-bond donors (Lipinski definition) is 1. The van der Waals surface area contributed by atoms with Gasteiger partial charge in [-0.2, -0.15) is 10.5 Å². The number of nitrogens with two attached hydrogens (primary N) is 1. The van der Waals surface area contributed by atoms with Crippen molar-refractivity contribution < 1.29 is 4.84 Å². The van der Waals surface area contributed by atoms with Crippen LogP contribution in [-0.4, -0.2) is 25.5 Å². The van der Waals surface area contributed by atoms with Crippen molar-refractivity contribution in [1.82, 2.24) is 0 Å². The maximum Gasteiger partial charge on any atom is 0.147 e. The minimum atomic E-state index is -0.667. The molecule has 0 aliphatic heterocycles. The molecule has 0 atom stereocenters. The number of rotatable bonds is 7. The van der Waals surface area contributed by atoms with E-state index in [2.05, 4.69) is 32.1 Å². The van der Waals surface area contributed by atoms with Crippen LogP contribution in [0.15, 0.2) is 33.3 Å². The Balaban J connectivity index is 3.17. The molecule has 7 nitrogen and oxygen atoms in total. The molecular formula is C19H24N6O. The van der Waals surface area contributed by atoms with Gasteiger partial charge in [0.1, 0.15) is 25.5 Å². The number of oxime groups is 1. The van der Waals surface area contributed by atoms with Crippen molar-refractivity contribution in [3.63, 3.8) is 0 Å². The van der Waals surface area contributed by atoms with E-state index in [1.165, 1.54) is 19.7 Å². The van der Waals surface area contributed by atoms with Crippen LogP contribution in [0, 0.1) is 22.7 Å². The second-order valence-corrected chi connectivity index (χ2v) is 6.82. The number of amidine groups is 1. The predicted octanol–water partition coefficient (Wildman–Crippen LogP) is 2.81. The van der Waals surface area contributed by atoms with Gasteiger partial charge in [-0.15, -0.1) is 0 Å². The molecule has 0 aliphatic carbocycles. The zero-order valence-corrected chi connectivity index (χ0v) is 15.8. The number of nitrogens with zero attached hydrogens (tertiary/aromatic N) is 5. The van der Waals surface area contributed by atoms with Crippen molar-refractivity contribution in [3.8, 4) is 12.1 Å². The monoisotopic (exact) mass is 352 g/mol. The topological polar surface area (TPSA) is 120 Å². The molecule has 136 valence electrons. The zero-order valence-electron chi connectivity index (χ0n) is 15.8. The number of aliphatic imine (C=N–C) groups is 2. The average Bonchev–Trinajstić information content (AvgIpc) is 2.63. The fourth-order valence-corrected chi connectivity index (χ4v) is 2.03. The van der Waals surface area contributed by atoms with Crippen LogP contribution in [0.1, 0.15) is 44.4 Å². The summed E-state index contributed by atoms with van der Waals surface area (Å²) in [4.78, 5) is 12.7. The average molecular weight is 352 g/mol. The van der Waals surface area contributed by atoms with Crippen LogP contribution in [-0.2, 0) is 22.2 Å². The van der Waals surface area contributed by atoms with Gasteiger partial charge in [0, 0.05) is 0 Å². The molecule has 0 saturated heterocycles. The molecule has 1 aromatic rings. The molecule has 1 rings (SSSR count). The first-order valence-electron chi connectivity index (χ1n) is 8.02. The van der Waals surface area contributed by atoms with Gasteiger partial charge in [-0.25, -0.2) is 4.99 Å². The summed E-state index contributed by atoms with van der Waals surface area (Å²) in [5.41, 5.74) is 6.85. The van der Waals surface area contributed by atoms with Crippen LogP contribution in [0.4, 0.5) is 0 Å². The fourth-order valence-electron chi connectivity index (χ4n) is 2.03. The van der Waals surface area contributed by atoms with Crippen molar-refractivity contribution in [3.05, 3.63) is 34.9 Å². The lowest BCUT2D eigenvalue weighted by atomic mass is 9.79. The van der Waals surface area contributed by atoms with Gasteiger partial charge in [-0.3, -0.25) is 4.99 Å². The summed E-state index contributed by atoms with van der Waals surface area (Å²) in [6.07, 6.45) is 2.61. The van der Waals surface area contributed by atoms with Crippen molar-refractivity contribution >= 4 is 18.4 Å². The lowest BCUT2D eigenvalue weighted by molar-refractivity contribution is 0.216. The molecule has 0 fully saturated rings. The first kappa shape index (κ1) is 20.9. The van der Waals surface area contributed by atoms with Gasteiger partial charge in [-0.1, -0.05) is 23.4 Å². The Bertz CT molecular complexity index is 762.